The maximum absolute atomic E-state index is 12.4. The van der Waals surface area contributed by atoms with Gasteiger partial charge < -0.3 is 19.7 Å². The van der Waals surface area contributed by atoms with Gasteiger partial charge in [0, 0.05) is 18.9 Å². The van der Waals surface area contributed by atoms with E-state index in [0.29, 0.717) is 0 Å². The number of rotatable bonds is 6. The third-order valence-electron chi connectivity index (χ3n) is 5.63. The first-order chi connectivity index (χ1) is 13.1. The number of urea groups is 1. The van der Waals surface area contributed by atoms with Gasteiger partial charge in [-0.25, -0.2) is 4.79 Å². The van der Waals surface area contributed by atoms with Gasteiger partial charge in [0.15, 0.2) is 6.54 Å². The van der Waals surface area contributed by atoms with E-state index in [-0.39, 0.29) is 30.6 Å². The Labute approximate surface area is 160 Å². The summed E-state index contributed by atoms with van der Waals surface area (Å²) in [5, 5.41) is 5.39. The Hall–Kier alpha value is -2.28. The van der Waals surface area contributed by atoms with Crippen LogP contribution in [0.1, 0.15) is 50.1 Å². The van der Waals surface area contributed by atoms with E-state index in [9.17, 15) is 9.59 Å². The third kappa shape index (κ3) is 4.91. The normalized spacial score (nSPS) is 22.4. The number of likely N-dealkylation sites (tertiary alicyclic amines) is 1. The van der Waals surface area contributed by atoms with E-state index in [4.69, 9.17) is 9.47 Å². The number of nitrogens with one attached hydrogen (secondary N) is 3. The molecule has 1 heterocycles. The maximum Gasteiger partial charge on any atom is 0.321 e. The van der Waals surface area contributed by atoms with Crippen molar-refractivity contribution in [2.75, 3.05) is 27.3 Å². The molecule has 0 spiro atoms. The fourth-order valence-corrected chi connectivity index (χ4v) is 4.28. The minimum atomic E-state index is -0.374. The van der Waals surface area contributed by atoms with Crippen LogP contribution in [-0.4, -0.2) is 45.3 Å². The second-order valence-electron chi connectivity index (χ2n) is 7.39. The first-order valence-corrected chi connectivity index (χ1v) is 9.77. The van der Waals surface area contributed by atoms with E-state index in [1.165, 1.54) is 0 Å². The highest BCUT2D eigenvalue weighted by molar-refractivity contribution is 5.94. The summed E-state index contributed by atoms with van der Waals surface area (Å²) >= 11 is 0. The van der Waals surface area contributed by atoms with Gasteiger partial charge >= 0.3 is 6.03 Å². The summed E-state index contributed by atoms with van der Waals surface area (Å²) in [5.41, 5.74) is 1.05. The number of benzene rings is 1. The Morgan fingerprint density at radius 2 is 1.89 bits per heavy atom. The lowest BCUT2D eigenvalue weighted by atomic mass is 10.0. The van der Waals surface area contributed by atoms with Crippen molar-refractivity contribution in [3.8, 4) is 11.5 Å². The number of hydrogen-bond acceptors (Lipinski definition) is 4. The van der Waals surface area contributed by atoms with Crippen LogP contribution in [-0.2, 0) is 4.79 Å². The second kappa shape index (κ2) is 9.08. The van der Waals surface area contributed by atoms with Crippen molar-refractivity contribution in [3.63, 3.8) is 0 Å². The first-order valence-electron chi connectivity index (χ1n) is 9.77. The van der Waals surface area contributed by atoms with E-state index >= 15 is 0 Å². The van der Waals surface area contributed by atoms with Crippen molar-refractivity contribution in [2.45, 2.75) is 50.6 Å². The number of imide groups is 1. The van der Waals surface area contributed by atoms with Gasteiger partial charge in [0.25, 0.3) is 5.91 Å². The fraction of sp³-hybridized carbons (Fsp3) is 0.600. The van der Waals surface area contributed by atoms with E-state index in [0.717, 1.165) is 67.0 Å². The molecule has 0 bridgehead atoms. The largest absolute Gasteiger partial charge is 0.497 e. The molecule has 2 aliphatic rings. The minimum absolute atomic E-state index is 0.152. The quantitative estimate of drug-likeness (QED) is 0.697. The molecular weight excluding hydrogens is 346 g/mol. The molecule has 2 fully saturated rings. The molecule has 1 unspecified atom stereocenters. The molecular formula is C20H30N3O4+. The van der Waals surface area contributed by atoms with Crippen LogP contribution >= 0.6 is 0 Å². The molecule has 0 aromatic heterocycles. The van der Waals surface area contributed by atoms with Crippen LogP contribution in [0.5, 0.6) is 11.5 Å². The van der Waals surface area contributed by atoms with Crippen LogP contribution in [0.3, 0.4) is 0 Å². The zero-order valence-electron chi connectivity index (χ0n) is 16.2. The summed E-state index contributed by atoms with van der Waals surface area (Å²) in [7, 11) is 3.29. The van der Waals surface area contributed by atoms with Gasteiger partial charge in [0.1, 0.15) is 17.5 Å². The zero-order chi connectivity index (χ0) is 19.2. The standard InChI is InChI=1S/C20H29N3O4/c1-26-15-9-10-18(27-2)16(12-15)17-8-5-11-23(17)13-19(24)22-20(25)21-14-6-3-4-7-14/h9-10,12,14,17H,3-8,11,13H2,1-2H3,(H2,21,22,24,25)/p+1/t17-/m0/s1. The smallest absolute Gasteiger partial charge is 0.321 e. The lowest BCUT2D eigenvalue weighted by molar-refractivity contribution is -0.910. The summed E-state index contributed by atoms with van der Waals surface area (Å²) in [6.45, 7) is 1.16. The summed E-state index contributed by atoms with van der Waals surface area (Å²) in [6.07, 6.45) is 6.28. The van der Waals surface area contributed by atoms with Gasteiger partial charge in [0.05, 0.1) is 26.3 Å². The molecule has 7 heteroatoms. The fourth-order valence-electron chi connectivity index (χ4n) is 4.28. The minimum Gasteiger partial charge on any atom is -0.497 e. The Balaban J connectivity index is 1.61. The first kappa shape index (κ1) is 19.5. The maximum atomic E-state index is 12.4. The number of quaternary nitrogens is 1. The van der Waals surface area contributed by atoms with Crippen molar-refractivity contribution in [2.24, 2.45) is 0 Å². The van der Waals surface area contributed by atoms with Gasteiger partial charge in [-0.2, -0.15) is 0 Å². The molecule has 1 aromatic carbocycles. The Morgan fingerprint density at radius 3 is 2.59 bits per heavy atom. The van der Waals surface area contributed by atoms with Crippen molar-refractivity contribution in [1.29, 1.82) is 0 Å². The van der Waals surface area contributed by atoms with Gasteiger partial charge in [0.2, 0.25) is 0 Å². The molecule has 0 radical (unpaired) electrons. The number of ether oxygens (including phenoxy) is 2. The number of amides is 3. The predicted octanol–water partition coefficient (Wildman–Crippen LogP) is 1.19. The highest BCUT2D eigenvalue weighted by Gasteiger charge is 2.34. The van der Waals surface area contributed by atoms with Crippen molar-refractivity contribution < 1.29 is 24.0 Å². The number of methoxy groups -OCH3 is 2. The SMILES string of the molecule is COc1ccc(OC)c([C@@H]2CCC[NH+]2CC(=O)NC(=O)NC2CCCC2)c1. The third-order valence-corrected chi connectivity index (χ3v) is 5.63. The molecule has 1 saturated carbocycles. The van der Waals surface area contributed by atoms with Crippen molar-refractivity contribution >= 4 is 11.9 Å². The highest BCUT2D eigenvalue weighted by atomic mass is 16.5. The Bertz CT molecular complexity index is 673. The van der Waals surface area contributed by atoms with Crippen LogP contribution in [0.25, 0.3) is 0 Å². The average molecular weight is 376 g/mol. The van der Waals surface area contributed by atoms with Crippen molar-refractivity contribution in [3.05, 3.63) is 23.8 Å². The topological polar surface area (TPSA) is 81.1 Å². The second-order valence-corrected chi connectivity index (χ2v) is 7.39. The zero-order valence-corrected chi connectivity index (χ0v) is 16.2. The molecule has 1 aliphatic heterocycles. The molecule has 7 nitrogen and oxygen atoms in total. The molecule has 3 rings (SSSR count). The predicted molar refractivity (Wildman–Crippen MR) is 101 cm³/mol. The van der Waals surface area contributed by atoms with Crippen LogP contribution in [0.4, 0.5) is 4.79 Å². The Kier molecular flexibility index (Phi) is 6.55. The van der Waals surface area contributed by atoms with E-state index in [1.807, 2.05) is 18.2 Å². The number of hydrogen-bond donors (Lipinski definition) is 3. The average Bonchev–Trinajstić information content (AvgIpc) is 3.32. The van der Waals surface area contributed by atoms with Gasteiger partial charge in [-0.05, 0) is 31.0 Å². The van der Waals surface area contributed by atoms with Gasteiger partial charge in [-0.1, -0.05) is 12.8 Å². The lowest BCUT2D eigenvalue weighted by Crippen LogP contribution is -3.11. The summed E-state index contributed by atoms with van der Waals surface area (Å²) in [6, 6.07) is 5.74. The lowest BCUT2D eigenvalue weighted by Gasteiger charge is -2.23. The van der Waals surface area contributed by atoms with Crippen LogP contribution in [0.15, 0.2) is 18.2 Å². The molecule has 27 heavy (non-hydrogen) atoms. The number of carbonyl (C=O) groups is 2. The molecule has 148 valence electrons. The van der Waals surface area contributed by atoms with E-state index in [1.54, 1.807) is 14.2 Å². The molecule has 1 aromatic rings. The summed E-state index contributed by atoms with van der Waals surface area (Å²) in [5.74, 6) is 1.34. The number of carbonyl (C=O) groups excluding carboxylic acids is 2. The summed E-state index contributed by atoms with van der Waals surface area (Å²) < 4.78 is 10.9. The molecule has 3 N–H and O–H groups in total. The monoisotopic (exact) mass is 376 g/mol. The molecule has 1 saturated heterocycles. The molecule has 2 atom stereocenters. The van der Waals surface area contributed by atoms with Gasteiger partial charge in [-0.3, -0.25) is 10.1 Å². The van der Waals surface area contributed by atoms with E-state index < -0.39 is 0 Å². The summed E-state index contributed by atoms with van der Waals surface area (Å²) in [4.78, 5) is 25.6. The van der Waals surface area contributed by atoms with Crippen LogP contribution in [0.2, 0.25) is 0 Å². The Morgan fingerprint density at radius 1 is 1.11 bits per heavy atom. The van der Waals surface area contributed by atoms with Crippen LogP contribution in [0, 0.1) is 0 Å². The van der Waals surface area contributed by atoms with E-state index in [2.05, 4.69) is 10.6 Å². The molecule has 1 aliphatic carbocycles. The van der Waals surface area contributed by atoms with Crippen molar-refractivity contribution in [1.82, 2.24) is 10.6 Å². The van der Waals surface area contributed by atoms with Gasteiger partial charge in [-0.15, -0.1) is 0 Å². The molecule has 3 amide bonds. The van der Waals surface area contributed by atoms with Crippen LogP contribution < -0.4 is 25.0 Å². The highest BCUT2D eigenvalue weighted by Crippen LogP contribution is 2.31.